The van der Waals surface area contributed by atoms with E-state index < -0.39 is 4.92 Å². The fraction of sp³-hybridized carbons (Fsp3) is 0.0625. The molecule has 3 rings (SSSR count). The van der Waals surface area contributed by atoms with Crippen LogP contribution in [0.15, 0.2) is 52.9 Å². The summed E-state index contributed by atoms with van der Waals surface area (Å²) in [5, 5.41) is 11.6. The molecular formula is C16H11NO5. The van der Waals surface area contributed by atoms with Gasteiger partial charge in [-0.3, -0.25) is 14.9 Å². The molecule has 0 spiro atoms. The second-order valence-electron chi connectivity index (χ2n) is 4.62. The average molecular weight is 297 g/mol. The Kier molecular flexibility index (Phi) is 3.57. The van der Waals surface area contributed by atoms with Gasteiger partial charge in [0.15, 0.2) is 0 Å². The molecule has 0 fully saturated rings. The van der Waals surface area contributed by atoms with E-state index in [0.29, 0.717) is 28.8 Å². The lowest BCUT2D eigenvalue weighted by atomic mass is 10.1. The van der Waals surface area contributed by atoms with Crippen molar-refractivity contribution in [2.24, 2.45) is 0 Å². The Morgan fingerprint density at radius 2 is 1.95 bits per heavy atom. The van der Waals surface area contributed by atoms with Gasteiger partial charge in [0, 0.05) is 22.6 Å². The number of furan rings is 1. The predicted octanol–water partition coefficient (Wildman–Crippen LogP) is 3.68. The first kappa shape index (κ1) is 13.8. The Bertz CT molecular complexity index is 838. The highest BCUT2D eigenvalue weighted by molar-refractivity contribution is 5.89. The molecule has 3 aromatic rings. The van der Waals surface area contributed by atoms with Crippen LogP contribution in [0.5, 0.6) is 0 Å². The normalized spacial score (nSPS) is 10.5. The highest BCUT2D eigenvalue weighted by Gasteiger charge is 2.18. The number of carbonyl (C=O) groups is 1. The van der Waals surface area contributed by atoms with E-state index in [2.05, 4.69) is 0 Å². The van der Waals surface area contributed by atoms with Crippen LogP contribution in [-0.4, -0.2) is 11.4 Å². The summed E-state index contributed by atoms with van der Waals surface area (Å²) < 4.78 is 10.6. The molecule has 1 heterocycles. The zero-order valence-corrected chi connectivity index (χ0v) is 11.4. The fourth-order valence-corrected chi connectivity index (χ4v) is 2.34. The molecule has 0 aliphatic heterocycles. The van der Waals surface area contributed by atoms with E-state index >= 15 is 0 Å². The second-order valence-corrected chi connectivity index (χ2v) is 4.62. The van der Waals surface area contributed by atoms with Gasteiger partial charge in [0.2, 0.25) is 0 Å². The molecule has 110 valence electrons. The third-order valence-corrected chi connectivity index (χ3v) is 3.32. The molecule has 0 amide bonds. The molecule has 0 bridgehead atoms. The summed E-state index contributed by atoms with van der Waals surface area (Å²) in [6.45, 7) is 0.400. The molecule has 0 unspecified atom stereocenters. The van der Waals surface area contributed by atoms with Crippen molar-refractivity contribution < 1.29 is 18.9 Å². The number of hydrogen-bond acceptors (Lipinski definition) is 5. The predicted molar refractivity (Wildman–Crippen MR) is 79.2 cm³/mol. The van der Waals surface area contributed by atoms with Crippen molar-refractivity contribution in [1.82, 2.24) is 0 Å². The van der Waals surface area contributed by atoms with Crippen molar-refractivity contribution in [3.05, 3.63) is 64.2 Å². The maximum Gasteiger partial charge on any atom is 0.293 e. The zero-order chi connectivity index (χ0) is 15.5. The minimum atomic E-state index is -0.480. The number of nitro benzene ring substituents is 1. The monoisotopic (exact) mass is 297 g/mol. The molecule has 0 aliphatic rings. The molecule has 1 aromatic heterocycles. The van der Waals surface area contributed by atoms with Crippen molar-refractivity contribution >= 4 is 23.1 Å². The Morgan fingerprint density at radius 1 is 1.18 bits per heavy atom. The number of ether oxygens (including phenoxy) is 1. The van der Waals surface area contributed by atoms with Crippen LogP contribution >= 0.6 is 0 Å². The first-order valence-corrected chi connectivity index (χ1v) is 6.51. The largest absolute Gasteiger partial charge is 0.463 e. The number of benzene rings is 2. The van der Waals surface area contributed by atoms with Crippen LogP contribution in [0, 0.1) is 10.1 Å². The first-order chi connectivity index (χ1) is 10.7. The van der Waals surface area contributed by atoms with Crippen molar-refractivity contribution in [2.45, 2.75) is 6.61 Å². The second kappa shape index (κ2) is 5.69. The molecule has 0 atom stereocenters. The lowest BCUT2D eigenvalue weighted by Crippen LogP contribution is -1.91. The molecule has 6 nitrogen and oxygen atoms in total. The minimum Gasteiger partial charge on any atom is -0.463 e. The van der Waals surface area contributed by atoms with Gasteiger partial charge in [0.25, 0.3) is 12.2 Å². The van der Waals surface area contributed by atoms with E-state index in [0.717, 1.165) is 5.56 Å². The lowest BCUT2D eigenvalue weighted by Gasteiger charge is -2.02. The average Bonchev–Trinajstić information content (AvgIpc) is 2.91. The molecule has 6 heteroatoms. The van der Waals surface area contributed by atoms with Gasteiger partial charge >= 0.3 is 0 Å². The third kappa shape index (κ3) is 2.42. The number of nitro groups is 1. The Hall–Kier alpha value is -3.15. The fourth-order valence-electron chi connectivity index (χ4n) is 2.34. The summed E-state index contributed by atoms with van der Waals surface area (Å²) in [4.78, 5) is 20.9. The molecule has 0 saturated carbocycles. The number of hydrogen-bond donors (Lipinski definition) is 0. The summed E-state index contributed by atoms with van der Waals surface area (Å²) in [5.74, 6) is 0.540. The number of non-ortho nitro benzene ring substituents is 1. The van der Waals surface area contributed by atoms with Crippen LogP contribution in [0.3, 0.4) is 0 Å². The van der Waals surface area contributed by atoms with Crippen LogP contribution in [0.1, 0.15) is 5.56 Å². The molecule has 0 radical (unpaired) electrons. The topological polar surface area (TPSA) is 82.6 Å². The summed E-state index contributed by atoms with van der Waals surface area (Å²) >= 11 is 0. The number of rotatable bonds is 5. The van der Waals surface area contributed by atoms with E-state index in [1.807, 2.05) is 30.3 Å². The van der Waals surface area contributed by atoms with Gasteiger partial charge in [0.05, 0.1) is 11.0 Å². The van der Waals surface area contributed by atoms with E-state index in [4.69, 9.17) is 9.15 Å². The van der Waals surface area contributed by atoms with Crippen LogP contribution in [0.4, 0.5) is 5.69 Å². The number of fused-ring (bicyclic) bond motifs is 1. The van der Waals surface area contributed by atoms with Gasteiger partial charge in [-0.1, -0.05) is 30.3 Å². The van der Waals surface area contributed by atoms with E-state index in [1.54, 1.807) is 6.07 Å². The number of carbonyl (C=O) groups excluding carboxylic acids is 1. The van der Waals surface area contributed by atoms with Crippen LogP contribution in [0.2, 0.25) is 0 Å². The van der Waals surface area contributed by atoms with Crippen LogP contribution in [-0.2, 0) is 16.1 Å². The SMILES string of the molecule is O=COCc1c(-c2ccccc2)oc2cc([N+](=O)[O-])ccc12. The third-order valence-electron chi connectivity index (χ3n) is 3.32. The first-order valence-electron chi connectivity index (χ1n) is 6.51. The van der Waals surface area contributed by atoms with Gasteiger partial charge in [-0.15, -0.1) is 0 Å². The summed E-state index contributed by atoms with van der Waals surface area (Å²) in [7, 11) is 0. The van der Waals surface area contributed by atoms with Gasteiger partial charge in [0.1, 0.15) is 18.0 Å². The maximum atomic E-state index is 10.9. The van der Waals surface area contributed by atoms with E-state index in [-0.39, 0.29) is 12.3 Å². The zero-order valence-electron chi connectivity index (χ0n) is 11.4. The van der Waals surface area contributed by atoms with Gasteiger partial charge < -0.3 is 9.15 Å². The Labute approximate surface area is 125 Å². The molecule has 0 saturated heterocycles. The summed E-state index contributed by atoms with van der Waals surface area (Å²) in [6, 6.07) is 13.7. The van der Waals surface area contributed by atoms with Crippen LogP contribution < -0.4 is 0 Å². The number of nitrogens with zero attached hydrogens (tertiary/aromatic N) is 1. The molecule has 0 aliphatic carbocycles. The smallest absolute Gasteiger partial charge is 0.293 e. The van der Waals surface area contributed by atoms with Crippen molar-refractivity contribution in [1.29, 1.82) is 0 Å². The van der Waals surface area contributed by atoms with Gasteiger partial charge in [-0.05, 0) is 6.07 Å². The summed E-state index contributed by atoms with van der Waals surface area (Å²) in [5.41, 5.74) is 1.83. The highest BCUT2D eigenvalue weighted by atomic mass is 16.6. The van der Waals surface area contributed by atoms with Crippen molar-refractivity contribution in [3.8, 4) is 11.3 Å². The van der Waals surface area contributed by atoms with E-state index in [9.17, 15) is 14.9 Å². The van der Waals surface area contributed by atoms with Crippen molar-refractivity contribution in [2.75, 3.05) is 0 Å². The van der Waals surface area contributed by atoms with Crippen LogP contribution in [0.25, 0.3) is 22.3 Å². The quantitative estimate of drug-likeness (QED) is 0.407. The molecule has 2 aromatic carbocycles. The summed E-state index contributed by atoms with van der Waals surface area (Å²) in [6.07, 6.45) is 0. The van der Waals surface area contributed by atoms with Crippen molar-refractivity contribution in [3.63, 3.8) is 0 Å². The molecule has 0 N–H and O–H groups in total. The van der Waals surface area contributed by atoms with E-state index in [1.165, 1.54) is 12.1 Å². The minimum absolute atomic E-state index is 0.0402. The van der Waals surface area contributed by atoms with Gasteiger partial charge in [-0.2, -0.15) is 0 Å². The Balaban J connectivity index is 2.20. The Morgan fingerprint density at radius 3 is 2.64 bits per heavy atom. The molecule has 22 heavy (non-hydrogen) atoms. The maximum absolute atomic E-state index is 10.9. The highest BCUT2D eigenvalue weighted by Crippen LogP contribution is 2.35. The standard InChI is InChI=1S/C16H11NO5/c18-10-21-9-14-13-7-6-12(17(19)20)8-15(13)22-16(14)11-4-2-1-3-5-11/h1-8,10H,9H2. The van der Waals surface area contributed by atoms with Gasteiger partial charge in [-0.25, -0.2) is 0 Å². The molecular weight excluding hydrogens is 286 g/mol. The lowest BCUT2D eigenvalue weighted by molar-refractivity contribution is -0.384.